The monoisotopic (exact) mass is 304 g/mol. The molecule has 0 radical (unpaired) electrons. The molecular formula is C16H20N2O2S. The highest BCUT2D eigenvalue weighted by Crippen LogP contribution is 2.10. The summed E-state index contributed by atoms with van der Waals surface area (Å²) >= 11 is 5.11. The number of pyridine rings is 1. The van der Waals surface area contributed by atoms with E-state index in [9.17, 15) is 5.11 Å². The first-order valence-electron chi connectivity index (χ1n) is 6.94. The molecule has 0 aliphatic rings. The van der Waals surface area contributed by atoms with Crippen molar-refractivity contribution in [3.63, 3.8) is 0 Å². The van der Waals surface area contributed by atoms with Gasteiger partial charge in [-0.05, 0) is 24.6 Å². The largest absolute Gasteiger partial charge is 0.410 e. The van der Waals surface area contributed by atoms with E-state index in [1.165, 1.54) is 10.3 Å². The molecule has 2 atom stereocenters. The summed E-state index contributed by atoms with van der Waals surface area (Å²) in [6.45, 7) is 2.71. The van der Waals surface area contributed by atoms with Gasteiger partial charge in [0.15, 0.2) is 0 Å². The Kier molecular flexibility index (Phi) is 5.92. The number of nitrogens with zero attached hydrogens (tertiary/aromatic N) is 1. The minimum Gasteiger partial charge on any atom is -0.410 e. The molecule has 0 amide bonds. The Morgan fingerprint density at radius 1 is 1.19 bits per heavy atom. The molecule has 1 aromatic heterocycles. The van der Waals surface area contributed by atoms with Crippen LogP contribution >= 0.6 is 12.2 Å². The number of hydrogen-bond acceptors (Lipinski definition) is 4. The van der Waals surface area contributed by atoms with Crippen LogP contribution in [-0.4, -0.2) is 29.1 Å². The van der Waals surface area contributed by atoms with Crippen molar-refractivity contribution in [3.05, 3.63) is 64.9 Å². The molecule has 0 spiro atoms. The molecular weight excluding hydrogens is 284 g/mol. The molecule has 112 valence electrons. The molecule has 5 heteroatoms. The summed E-state index contributed by atoms with van der Waals surface area (Å²) in [5, 5.41) is 13.2. The average molecular weight is 304 g/mol. The first-order valence-corrected chi connectivity index (χ1v) is 7.35. The quantitative estimate of drug-likeness (QED) is 0.771. The van der Waals surface area contributed by atoms with Gasteiger partial charge in [-0.3, -0.25) is 0 Å². The molecule has 0 aliphatic carbocycles. The summed E-state index contributed by atoms with van der Waals surface area (Å²) < 4.78 is 2.06. The smallest absolute Gasteiger partial charge is 0.142 e. The van der Waals surface area contributed by atoms with Gasteiger partial charge in [0.2, 0.25) is 0 Å². The Labute approximate surface area is 130 Å². The van der Waals surface area contributed by atoms with Gasteiger partial charge in [-0.1, -0.05) is 48.6 Å². The molecule has 1 heterocycles. The van der Waals surface area contributed by atoms with Crippen molar-refractivity contribution < 1.29 is 9.94 Å². The molecule has 0 fully saturated rings. The van der Waals surface area contributed by atoms with Crippen molar-refractivity contribution in [2.75, 3.05) is 13.2 Å². The first-order chi connectivity index (χ1) is 10.2. The van der Waals surface area contributed by atoms with Gasteiger partial charge in [0.25, 0.3) is 0 Å². The van der Waals surface area contributed by atoms with Crippen LogP contribution in [0.5, 0.6) is 0 Å². The van der Waals surface area contributed by atoms with Gasteiger partial charge in [-0.15, -0.1) is 0 Å². The van der Waals surface area contributed by atoms with Crippen LogP contribution in [0, 0.1) is 4.64 Å². The van der Waals surface area contributed by atoms with Crippen LogP contribution in [0.2, 0.25) is 0 Å². The fourth-order valence-electron chi connectivity index (χ4n) is 1.92. The maximum Gasteiger partial charge on any atom is 0.142 e. The molecule has 21 heavy (non-hydrogen) atoms. The number of aliphatic hydroxyl groups excluding tert-OH is 1. The maximum atomic E-state index is 9.96. The summed E-state index contributed by atoms with van der Waals surface area (Å²) in [5.41, 5.74) is 1.19. The highest BCUT2D eigenvalue weighted by Gasteiger charge is 2.09. The van der Waals surface area contributed by atoms with Crippen LogP contribution in [0.4, 0.5) is 0 Å². The topological polar surface area (TPSA) is 46.4 Å². The number of nitrogens with one attached hydrogen (secondary N) is 1. The van der Waals surface area contributed by atoms with Gasteiger partial charge in [0, 0.05) is 18.8 Å². The standard InChI is InChI=1S/C16H20N2O2S/c1-13(14-7-3-2-4-8-14)17-11-15(19)12-20-18-10-6-5-9-16(18)21/h2-10,13,15,17,19H,11-12H2,1H3. The van der Waals surface area contributed by atoms with Crippen LogP contribution < -0.4 is 10.2 Å². The molecule has 0 saturated heterocycles. The van der Waals surface area contributed by atoms with Gasteiger partial charge < -0.3 is 15.3 Å². The fourth-order valence-corrected chi connectivity index (χ4v) is 2.11. The van der Waals surface area contributed by atoms with Crippen LogP contribution in [0.15, 0.2) is 54.7 Å². The van der Waals surface area contributed by atoms with Crippen LogP contribution in [0.1, 0.15) is 18.5 Å². The van der Waals surface area contributed by atoms with Crippen molar-refractivity contribution in [1.29, 1.82) is 0 Å². The number of rotatable bonds is 7. The second kappa shape index (κ2) is 7.93. The number of aromatic nitrogens is 1. The van der Waals surface area contributed by atoms with E-state index in [1.54, 1.807) is 12.3 Å². The number of hydrogen-bond donors (Lipinski definition) is 2. The lowest BCUT2D eigenvalue weighted by Crippen LogP contribution is -2.35. The zero-order valence-electron chi connectivity index (χ0n) is 12.0. The average Bonchev–Trinajstić information content (AvgIpc) is 2.52. The second-order valence-corrected chi connectivity index (χ2v) is 5.27. The summed E-state index contributed by atoms with van der Waals surface area (Å²) in [7, 11) is 0. The van der Waals surface area contributed by atoms with Gasteiger partial charge >= 0.3 is 0 Å². The Balaban J connectivity index is 1.76. The number of benzene rings is 1. The van der Waals surface area contributed by atoms with Crippen molar-refractivity contribution in [1.82, 2.24) is 10.0 Å². The summed E-state index contributed by atoms with van der Waals surface area (Å²) in [4.78, 5) is 5.46. The van der Waals surface area contributed by atoms with E-state index in [4.69, 9.17) is 17.1 Å². The van der Waals surface area contributed by atoms with E-state index in [-0.39, 0.29) is 12.6 Å². The lowest BCUT2D eigenvalue weighted by atomic mass is 10.1. The van der Waals surface area contributed by atoms with E-state index in [0.717, 1.165) is 0 Å². The maximum absolute atomic E-state index is 9.96. The normalized spacial score (nSPS) is 13.6. The molecule has 2 rings (SSSR count). The van der Waals surface area contributed by atoms with Crippen molar-refractivity contribution in [3.8, 4) is 0 Å². The van der Waals surface area contributed by atoms with Crippen LogP contribution in [0.3, 0.4) is 0 Å². The van der Waals surface area contributed by atoms with Gasteiger partial charge in [0.1, 0.15) is 17.4 Å². The van der Waals surface area contributed by atoms with E-state index < -0.39 is 6.10 Å². The second-order valence-electron chi connectivity index (χ2n) is 4.85. The Morgan fingerprint density at radius 2 is 1.90 bits per heavy atom. The van der Waals surface area contributed by atoms with E-state index in [2.05, 4.69) is 24.4 Å². The zero-order chi connectivity index (χ0) is 15.1. The SMILES string of the molecule is CC(NCC(O)COn1ccccc1=S)c1ccccc1. The Bertz CT molecular complexity index is 600. The van der Waals surface area contributed by atoms with E-state index in [1.807, 2.05) is 30.3 Å². The number of aliphatic hydroxyl groups is 1. The van der Waals surface area contributed by atoms with E-state index >= 15 is 0 Å². The molecule has 0 bridgehead atoms. The van der Waals surface area contributed by atoms with Gasteiger partial charge in [-0.25, -0.2) is 0 Å². The highest BCUT2D eigenvalue weighted by atomic mass is 32.1. The molecule has 0 aliphatic heterocycles. The third-order valence-electron chi connectivity index (χ3n) is 3.15. The van der Waals surface area contributed by atoms with Crippen LogP contribution in [0.25, 0.3) is 0 Å². The lowest BCUT2D eigenvalue weighted by Gasteiger charge is -2.18. The molecule has 2 aromatic rings. The summed E-state index contributed by atoms with van der Waals surface area (Å²) in [6.07, 6.45) is 1.13. The van der Waals surface area contributed by atoms with Crippen molar-refractivity contribution >= 4 is 12.2 Å². The first kappa shape index (κ1) is 15.7. The summed E-state index contributed by atoms with van der Waals surface area (Å²) in [6, 6.07) is 15.8. The third kappa shape index (κ3) is 4.97. The predicted molar refractivity (Wildman–Crippen MR) is 85.6 cm³/mol. The molecule has 2 unspecified atom stereocenters. The summed E-state index contributed by atoms with van der Waals surface area (Å²) in [5.74, 6) is 0. The van der Waals surface area contributed by atoms with Crippen LogP contribution in [-0.2, 0) is 0 Å². The fraction of sp³-hybridized carbons (Fsp3) is 0.312. The molecule has 1 aromatic carbocycles. The zero-order valence-corrected chi connectivity index (χ0v) is 12.8. The van der Waals surface area contributed by atoms with Gasteiger partial charge in [-0.2, -0.15) is 4.73 Å². The Morgan fingerprint density at radius 3 is 2.62 bits per heavy atom. The predicted octanol–water partition coefficient (Wildman–Crippen LogP) is 2.36. The molecule has 0 saturated carbocycles. The highest BCUT2D eigenvalue weighted by molar-refractivity contribution is 7.71. The van der Waals surface area contributed by atoms with Gasteiger partial charge in [0.05, 0.1) is 0 Å². The van der Waals surface area contributed by atoms with Crippen molar-refractivity contribution in [2.45, 2.75) is 19.1 Å². The molecule has 2 N–H and O–H groups in total. The minimum absolute atomic E-state index is 0.180. The Hall–Kier alpha value is -1.69. The minimum atomic E-state index is -0.599. The lowest BCUT2D eigenvalue weighted by molar-refractivity contribution is 0.0236. The molecule has 4 nitrogen and oxygen atoms in total. The van der Waals surface area contributed by atoms with E-state index in [0.29, 0.717) is 11.2 Å². The van der Waals surface area contributed by atoms with Crippen molar-refractivity contribution in [2.24, 2.45) is 0 Å². The third-order valence-corrected chi connectivity index (χ3v) is 3.47.